The van der Waals surface area contributed by atoms with Crippen LogP contribution in [0.2, 0.25) is 0 Å². The van der Waals surface area contributed by atoms with Crippen molar-refractivity contribution in [1.82, 2.24) is 15.5 Å². The SMILES string of the molecule is CC(C)(C)OC(=O)NC12CC(N3CCNC3=O)(C1)C2. The first-order valence-corrected chi connectivity index (χ1v) is 6.80. The van der Waals surface area contributed by atoms with E-state index in [-0.39, 0.29) is 23.2 Å². The summed E-state index contributed by atoms with van der Waals surface area (Å²) in [7, 11) is 0. The second kappa shape index (κ2) is 3.55. The molecule has 0 aromatic heterocycles. The van der Waals surface area contributed by atoms with E-state index in [2.05, 4.69) is 10.6 Å². The van der Waals surface area contributed by atoms with Gasteiger partial charge in [0.1, 0.15) is 5.60 Å². The average Bonchev–Trinajstić information content (AvgIpc) is 2.52. The van der Waals surface area contributed by atoms with E-state index in [4.69, 9.17) is 4.74 Å². The zero-order chi connectivity index (χ0) is 13.9. The van der Waals surface area contributed by atoms with Crippen molar-refractivity contribution < 1.29 is 14.3 Å². The molecule has 2 bridgehead atoms. The number of alkyl carbamates (subject to hydrolysis) is 1. The Labute approximate surface area is 112 Å². The van der Waals surface area contributed by atoms with Crippen molar-refractivity contribution in [2.45, 2.75) is 56.7 Å². The standard InChI is InChI=1S/C13H21N3O3/c1-11(2,3)19-10(18)15-12-6-13(7-12,8-12)16-5-4-14-9(16)17/h4-8H2,1-3H3,(H,14,17)(H,15,18). The number of hydrogen-bond acceptors (Lipinski definition) is 3. The molecule has 4 fully saturated rings. The van der Waals surface area contributed by atoms with Gasteiger partial charge >= 0.3 is 12.1 Å². The van der Waals surface area contributed by atoms with E-state index in [0.29, 0.717) is 0 Å². The largest absolute Gasteiger partial charge is 0.444 e. The van der Waals surface area contributed by atoms with E-state index in [1.807, 2.05) is 25.7 Å². The predicted octanol–water partition coefficient (Wildman–Crippen LogP) is 1.21. The molecule has 0 atom stereocenters. The molecule has 1 saturated heterocycles. The van der Waals surface area contributed by atoms with Crippen molar-refractivity contribution >= 4 is 12.1 Å². The summed E-state index contributed by atoms with van der Waals surface area (Å²) < 4.78 is 5.27. The highest BCUT2D eigenvalue weighted by Crippen LogP contribution is 2.63. The molecule has 0 radical (unpaired) electrons. The number of nitrogens with zero attached hydrogens (tertiary/aromatic N) is 1. The van der Waals surface area contributed by atoms with E-state index in [1.54, 1.807) is 0 Å². The van der Waals surface area contributed by atoms with Gasteiger partial charge in [-0.2, -0.15) is 0 Å². The summed E-state index contributed by atoms with van der Waals surface area (Å²) in [6, 6.07) is 0.0329. The van der Waals surface area contributed by atoms with E-state index >= 15 is 0 Å². The minimum Gasteiger partial charge on any atom is -0.444 e. The Hall–Kier alpha value is -1.46. The molecule has 2 N–H and O–H groups in total. The van der Waals surface area contributed by atoms with Gasteiger partial charge in [0.25, 0.3) is 0 Å². The third-order valence-electron chi connectivity index (χ3n) is 4.20. The summed E-state index contributed by atoms with van der Waals surface area (Å²) >= 11 is 0. The first kappa shape index (κ1) is 12.6. The maximum Gasteiger partial charge on any atom is 0.408 e. The zero-order valence-corrected chi connectivity index (χ0v) is 11.7. The van der Waals surface area contributed by atoms with Crippen LogP contribution in [-0.4, -0.2) is 46.8 Å². The monoisotopic (exact) mass is 267 g/mol. The Bertz CT molecular complexity index is 421. The van der Waals surface area contributed by atoms with Crippen molar-refractivity contribution in [2.24, 2.45) is 0 Å². The van der Waals surface area contributed by atoms with Crippen molar-refractivity contribution in [3.63, 3.8) is 0 Å². The van der Waals surface area contributed by atoms with Gasteiger partial charge in [-0.05, 0) is 40.0 Å². The van der Waals surface area contributed by atoms with Crippen molar-refractivity contribution in [3.05, 3.63) is 0 Å². The average molecular weight is 267 g/mol. The molecule has 4 rings (SSSR count). The van der Waals surface area contributed by atoms with Crippen molar-refractivity contribution in [3.8, 4) is 0 Å². The molecule has 3 aliphatic carbocycles. The van der Waals surface area contributed by atoms with Crippen LogP contribution < -0.4 is 10.6 Å². The molecule has 1 heterocycles. The van der Waals surface area contributed by atoms with Gasteiger partial charge in [-0.15, -0.1) is 0 Å². The van der Waals surface area contributed by atoms with Crippen molar-refractivity contribution in [2.75, 3.05) is 13.1 Å². The highest BCUT2D eigenvalue weighted by atomic mass is 16.6. The lowest BCUT2D eigenvalue weighted by molar-refractivity contribution is -0.152. The second-order valence-electron chi connectivity index (χ2n) is 7.05. The molecule has 106 valence electrons. The highest BCUT2D eigenvalue weighted by molar-refractivity contribution is 5.78. The van der Waals surface area contributed by atoms with Crippen LogP contribution in [0.5, 0.6) is 0 Å². The second-order valence-corrected chi connectivity index (χ2v) is 7.05. The Kier molecular flexibility index (Phi) is 2.35. The van der Waals surface area contributed by atoms with Gasteiger partial charge in [0.15, 0.2) is 0 Å². The lowest BCUT2D eigenvalue weighted by Gasteiger charge is -2.72. The van der Waals surface area contributed by atoms with Crippen LogP contribution in [0.3, 0.4) is 0 Å². The Morgan fingerprint density at radius 2 is 2.00 bits per heavy atom. The van der Waals surface area contributed by atoms with Gasteiger partial charge in [0, 0.05) is 13.1 Å². The van der Waals surface area contributed by atoms with Crippen LogP contribution in [0, 0.1) is 0 Å². The van der Waals surface area contributed by atoms with E-state index in [0.717, 1.165) is 32.4 Å². The number of rotatable bonds is 2. The van der Waals surface area contributed by atoms with Crippen LogP contribution in [0.1, 0.15) is 40.0 Å². The molecule has 6 nitrogen and oxygen atoms in total. The number of carbonyl (C=O) groups excluding carboxylic acids is 2. The molecule has 0 spiro atoms. The van der Waals surface area contributed by atoms with Crippen LogP contribution in [0.15, 0.2) is 0 Å². The normalized spacial score (nSPS) is 36.2. The molecule has 4 aliphatic rings. The summed E-state index contributed by atoms with van der Waals surface area (Å²) in [5.74, 6) is 0. The van der Waals surface area contributed by atoms with Gasteiger partial charge in [0.05, 0.1) is 11.1 Å². The molecule has 6 heteroatoms. The third-order valence-corrected chi connectivity index (χ3v) is 4.20. The number of ether oxygens (including phenoxy) is 1. The fourth-order valence-corrected chi connectivity index (χ4v) is 3.60. The van der Waals surface area contributed by atoms with Crippen LogP contribution in [-0.2, 0) is 4.74 Å². The molecule has 3 saturated carbocycles. The lowest BCUT2D eigenvalue weighted by atomic mass is 9.43. The molecular weight excluding hydrogens is 246 g/mol. The quantitative estimate of drug-likeness (QED) is 0.790. The fourth-order valence-electron chi connectivity index (χ4n) is 3.60. The summed E-state index contributed by atoms with van der Waals surface area (Å²) in [4.78, 5) is 25.3. The number of carbonyl (C=O) groups is 2. The van der Waals surface area contributed by atoms with Crippen LogP contribution in [0.25, 0.3) is 0 Å². The first-order valence-electron chi connectivity index (χ1n) is 6.80. The predicted molar refractivity (Wildman–Crippen MR) is 68.8 cm³/mol. The summed E-state index contributed by atoms with van der Waals surface area (Å²) in [6.07, 6.45) is 2.21. The molecule has 0 aromatic carbocycles. The van der Waals surface area contributed by atoms with Gasteiger partial charge in [-0.25, -0.2) is 9.59 Å². The fraction of sp³-hybridized carbons (Fsp3) is 0.846. The number of urea groups is 1. The number of nitrogens with one attached hydrogen (secondary N) is 2. The van der Waals surface area contributed by atoms with Crippen LogP contribution >= 0.6 is 0 Å². The molecule has 1 aliphatic heterocycles. The zero-order valence-electron chi connectivity index (χ0n) is 11.7. The van der Waals surface area contributed by atoms with E-state index in [1.165, 1.54) is 0 Å². The third kappa shape index (κ3) is 1.93. The lowest BCUT2D eigenvalue weighted by Crippen LogP contribution is -2.84. The molecule has 3 amide bonds. The number of amides is 3. The van der Waals surface area contributed by atoms with E-state index < -0.39 is 5.60 Å². The maximum atomic E-state index is 11.8. The molecular formula is C13H21N3O3. The summed E-state index contributed by atoms with van der Waals surface area (Å²) in [6.45, 7) is 7.06. The van der Waals surface area contributed by atoms with Crippen LogP contribution in [0.4, 0.5) is 9.59 Å². The minimum atomic E-state index is -0.472. The van der Waals surface area contributed by atoms with Gasteiger partial charge in [-0.3, -0.25) is 0 Å². The topological polar surface area (TPSA) is 70.7 Å². The highest BCUT2D eigenvalue weighted by Gasteiger charge is 2.72. The molecule has 0 unspecified atom stereocenters. The van der Waals surface area contributed by atoms with Gasteiger partial charge in [-0.1, -0.05) is 0 Å². The Morgan fingerprint density at radius 1 is 1.37 bits per heavy atom. The molecule has 0 aromatic rings. The Morgan fingerprint density at radius 3 is 2.47 bits per heavy atom. The summed E-state index contributed by atoms with van der Waals surface area (Å²) in [5, 5.41) is 5.79. The maximum absolute atomic E-state index is 11.8. The first-order chi connectivity index (χ1) is 8.74. The summed E-state index contributed by atoms with van der Waals surface area (Å²) in [5.41, 5.74) is -0.610. The smallest absolute Gasteiger partial charge is 0.408 e. The van der Waals surface area contributed by atoms with E-state index in [9.17, 15) is 9.59 Å². The molecule has 19 heavy (non-hydrogen) atoms. The van der Waals surface area contributed by atoms with Crippen molar-refractivity contribution in [1.29, 1.82) is 0 Å². The number of hydrogen-bond donors (Lipinski definition) is 2. The van der Waals surface area contributed by atoms with Gasteiger partial charge < -0.3 is 20.3 Å². The van der Waals surface area contributed by atoms with Gasteiger partial charge in [0.2, 0.25) is 0 Å². The Balaban J connectivity index is 1.53. The minimum absolute atomic E-state index is 0.00437.